The summed E-state index contributed by atoms with van der Waals surface area (Å²) < 4.78 is 32.6. The molecule has 44 heavy (non-hydrogen) atoms. The van der Waals surface area contributed by atoms with E-state index in [1.54, 1.807) is 24.3 Å². The van der Waals surface area contributed by atoms with E-state index in [0.717, 1.165) is 48.2 Å². The fourth-order valence-corrected chi connectivity index (χ4v) is 6.93. The van der Waals surface area contributed by atoms with Gasteiger partial charge in [0.15, 0.2) is 0 Å². The molecule has 236 valence electrons. The molecule has 1 saturated carbocycles. The number of halogens is 3. The molecule has 8 nitrogen and oxygen atoms in total. The minimum Gasteiger partial charge on any atom is -0.495 e. The molecule has 1 atom stereocenters. The lowest BCUT2D eigenvalue weighted by Gasteiger charge is -2.35. The molecular weight excluding hydrogens is 645 g/mol. The Labute approximate surface area is 274 Å². The van der Waals surface area contributed by atoms with Crippen molar-refractivity contribution >= 4 is 62.3 Å². The highest BCUT2D eigenvalue weighted by Crippen LogP contribution is 2.34. The predicted octanol–water partition coefficient (Wildman–Crippen LogP) is 6.51. The summed E-state index contributed by atoms with van der Waals surface area (Å²) in [5, 5.41) is 4.06. The molecule has 0 saturated heterocycles. The molecule has 3 aromatic rings. The molecule has 0 aromatic heterocycles. The van der Waals surface area contributed by atoms with Crippen molar-refractivity contribution in [1.82, 2.24) is 10.2 Å². The van der Waals surface area contributed by atoms with Gasteiger partial charge in [0.1, 0.15) is 18.3 Å². The monoisotopic (exact) mass is 679 g/mol. The van der Waals surface area contributed by atoms with E-state index in [2.05, 4.69) is 5.32 Å². The van der Waals surface area contributed by atoms with Crippen LogP contribution < -0.4 is 14.4 Å². The number of benzene rings is 3. The Bertz CT molecular complexity index is 1550. The second kappa shape index (κ2) is 15.3. The minimum atomic E-state index is -4.02. The number of hydrogen-bond donors (Lipinski definition) is 1. The van der Waals surface area contributed by atoms with E-state index in [1.807, 2.05) is 30.3 Å². The van der Waals surface area contributed by atoms with Gasteiger partial charge in [-0.25, -0.2) is 8.42 Å². The van der Waals surface area contributed by atoms with Crippen molar-refractivity contribution in [2.75, 3.05) is 24.2 Å². The third-order valence-electron chi connectivity index (χ3n) is 7.70. The number of amides is 2. The van der Waals surface area contributed by atoms with E-state index in [0.29, 0.717) is 15.6 Å². The first-order chi connectivity index (χ1) is 21.0. The van der Waals surface area contributed by atoms with Gasteiger partial charge in [-0.3, -0.25) is 13.9 Å². The SMILES string of the molecule is COc1ccc(Cl)cc1N(CC(=O)N(Cc1c(Cl)cccc1Cl)[C@H](Cc1ccccc1)C(=O)NC1CCCCC1)S(C)(=O)=O. The van der Waals surface area contributed by atoms with Gasteiger partial charge < -0.3 is 15.0 Å². The van der Waals surface area contributed by atoms with Gasteiger partial charge >= 0.3 is 0 Å². The molecular formula is C32H36Cl3N3O5S. The van der Waals surface area contributed by atoms with E-state index in [4.69, 9.17) is 39.5 Å². The van der Waals surface area contributed by atoms with E-state index < -0.39 is 28.5 Å². The Hall–Kier alpha value is -2.98. The van der Waals surface area contributed by atoms with Gasteiger partial charge in [0, 0.05) is 39.6 Å². The van der Waals surface area contributed by atoms with Crippen LogP contribution in [-0.2, 0) is 32.6 Å². The molecule has 1 aliphatic carbocycles. The molecule has 1 N–H and O–H groups in total. The van der Waals surface area contributed by atoms with E-state index >= 15 is 0 Å². The standard InChI is InChI=1S/C32H36Cl3N3O5S/c1-43-30-17-16-23(33)19-28(30)38(44(2,41)42)21-31(39)37(20-25-26(34)14-9-15-27(25)35)29(18-22-10-5-3-6-11-22)32(40)36-24-12-7-4-8-13-24/h3,5-6,9-11,14-17,19,24,29H,4,7-8,12-13,18,20-21H2,1-2H3,(H,36,40)/t29-/m1/s1. The van der Waals surface area contributed by atoms with Crippen molar-refractivity contribution in [3.05, 3.63) is 92.9 Å². The predicted molar refractivity (Wildman–Crippen MR) is 176 cm³/mol. The van der Waals surface area contributed by atoms with Crippen molar-refractivity contribution in [2.45, 2.75) is 57.2 Å². The van der Waals surface area contributed by atoms with Crippen LogP contribution in [0.25, 0.3) is 0 Å². The molecule has 0 spiro atoms. The van der Waals surface area contributed by atoms with Crippen molar-refractivity contribution in [3.63, 3.8) is 0 Å². The topological polar surface area (TPSA) is 96.0 Å². The molecule has 0 radical (unpaired) electrons. The zero-order valence-electron chi connectivity index (χ0n) is 24.6. The Kier molecular flexibility index (Phi) is 11.8. The van der Waals surface area contributed by atoms with Gasteiger partial charge in [-0.15, -0.1) is 0 Å². The lowest BCUT2D eigenvalue weighted by Crippen LogP contribution is -2.55. The number of anilines is 1. The Balaban J connectivity index is 1.79. The van der Waals surface area contributed by atoms with Crippen molar-refractivity contribution in [1.29, 1.82) is 0 Å². The molecule has 1 fully saturated rings. The quantitative estimate of drug-likeness (QED) is 0.235. The fraction of sp³-hybridized carbons (Fsp3) is 0.375. The van der Waals surface area contributed by atoms with Gasteiger partial charge in [-0.1, -0.05) is 90.5 Å². The summed E-state index contributed by atoms with van der Waals surface area (Å²) in [6.07, 6.45) is 6.02. The fourth-order valence-electron chi connectivity index (χ4n) is 5.40. The van der Waals surface area contributed by atoms with Crippen molar-refractivity contribution in [2.24, 2.45) is 0 Å². The average Bonchev–Trinajstić information content (AvgIpc) is 2.99. The summed E-state index contributed by atoms with van der Waals surface area (Å²) in [7, 11) is -2.62. The Morgan fingerprint density at radius 1 is 0.955 bits per heavy atom. The Morgan fingerprint density at radius 3 is 2.23 bits per heavy atom. The number of sulfonamides is 1. The van der Waals surface area contributed by atoms with Gasteiger partial charge in [-0.2, -0.15) is 0 Å². The summed E-state index contributed by atoms with van der Waals surface area (Å²) in [6.45, 7) is -0.753. The number of carbonyl (C=O) groups excluding carboxylic acids is 2. The van der Waals surface area contributed by atoms with Crippen LogP contribution in [0.4, 0.5) is 5.69 Å². The van der Waals surface area contributed by atoms with Gasteiger partial charge in [0.2, 0.25) is 21.8 Å². The number of hydrogen-bond acceptors (Lipinski definition) is 5. The van der Waals surface area contributed by atoms with E-state index in [-0.39, 0.29) is 41.4 Å². The molecule has 2 amide bonds. The molecule has 0 aliphatic heterocycles. The largest absolute Gasteiger partial charge is 0.495 e. The summed E-state index contributed by atoms with van der Waals surface area (Å²) >= 11 is 19.3. The van der Waals surface area contributed by atoms with Gasteiger partial charge in [-0.05, 0) is 48.7 Å². The maximum atomic E-state index is 14.4. The van der Waals surface area contributed by atoms with Crippen molar-refractivity contribution < 1.29 is 22.7 Å². The first-order valence-corrected chi connectivity index (χ1v) is 17.3. The second-order valence-corrected chi connectivity index (χ2v) is 14.0. The third-order valence-corrected chi connectivity index (χ3v) is 9.77. The second-order valence-electron chi connectivity index (χ2n) is 10.9. The maximum Gasteiger partial charge on any atom is 0.244 e. The van der Waals surface area contributed by atoms with Crippen LogP contribution in [0.3, 0.4) is 0 Å². The number of rotatable bonds is 12. The molecule has 1 aliphatic rings. The molecule has 12 heteroatoms. The van der Waals surface area contributed by atoms with Gasteiger partial charge in [0.05, 0.1) is 19.1 Å². The van der Waals surface area contributed by atoms with Crippen molar-refractivity contribution in [3.8, 4) is 5.75 Å². The lowest BCUT2D eigenvalue weighted by atomic mass is 9.94. The maximum absolute atomic E-state index is 14.4. The van der Waals surface area contributed by atoms with Crippen LogP contribution >= 0.6 is 34.8 Å². The van der Waals surface area contributed by atoms with Crippen LogP contribution in [-0.4, -0.2) is 57.1 Å². The minimum absolute atomic E-state index is 0.0152. The number of nitrogens with zero attached hydrogens (tertiary/aromatic N) is 2. The highest BCUT2D eigenvalue weighted by molar-refractivity contribution is 7.92. The Morgan fingerprint density at radius 2 is 1.61 bits per heavy atom. The van der Waals surface area contributed by atoms with Crippen LogP contribution in [0, 0.1) is 0 Å². The molecule has 3 aromatic carbocycles. The number of nitrogens with one attached hydrogen (secondary N) is 1. The summed E-state index contributed by atoms with van der Waals surface area (Å²) in [4.78, 5) is 29.8. The van der Waals surface area contributed by atoms with Crippen LogP contribution in [0.2, 0.25) is 15.1 Å². The normalized spacial score (nSPS) is 14.5. The third kappa shape index (κ3) is 8.81. The zero-order chi connectivity index (χ0) is 31.9. The molecule has 4 rings (SSSR count). The summed E-state index contributed by atoms with van der Waals surface area (Å²) in [5.74, 6) is -0.749. The van der Waals surface area contributed by atoms with Crippen LogP contribution in [0.5, 0.6) is 5.75 Å². The van der Waals surface area contributed by atoms with E-state index in [1.165, 1.54) is 24.1 Å². The first kappa shape index (κ1) is 33.9. The zero-order valence-corrected chi connectivity index (χ0v) is 27.7. The van der Waals surface area contributed by atoms with E-state index in [9.17, 15) is 18.0 Å². The number of ether oxygens (including phenoxy) is 1. The summed E-state index contributed by atoms with van der Waals surface area (Å²) in [5.41, 5.74) is 1.37. The molecule has 0 heterocycles. The van der Waals surface area contributed by atoms with Crippen LogP contribution in [0.1, 0.15) is 43.2 Å². The molecule has 0 bridgehead atoms. The molecule has 0 unspecified atom stereocenters. The highest BCUT2D eigenvalue weighted by atomic mass is 35.5. The smallest absolute Gasteiger partial charge is 0.244 e. The number of methoxy groups -OCH3 is 1. The lowest BCUT2D eigenvalue weighted by molar-refractivity contribution is -0.140. The van der Waals surface area contributed by atoms with Crippen LogP contribution in [0.15, 0.2) is 66.7 Å². The number of carbonyl (C=O) groups is 2. The highest BCUT2D eigenvalue weighted by Gasteiger charge is 2.35. The summed E-state index contributed by atoms with van der Waals surface area (Å²) in [6, 6.07) is 17.8. The average molecular weight is 681 g/mol. The van der Waals surface area contributed by atoms with Gasteiger partial charge in [0.25, 0.3) is 0 Å². The first-order valence-electron chi connectivity index (χ1n) is 14.4.